The zero-order chi connectivity index (χ0) is 31.4. The molecule has 1 rings (SSSR count). The minimum atomic E-state index is 1.24. The van der Waals surface area contributed by atoms with Crippen molar-refractivity contribution in [3.8, 4) is 0 Å². The summed E-state index contributed by atoms with van der Waals surface area (Å²) in [7, 11) is 0. The monoisotopic (exact) mass is 612 g/mol. The maximum absolute atomic E-state index is 4.47. The van der Waals surface area contributed by atoms with Crippen LogP contribution in [0, 0.1) is 0 Å². The second kappa shape index (κ2) is 35.0. The van der Waals surface area contributed by atoms with Crippen LogP contribution in [0.15, 0.2) is 18.5 Å². The van der Waals surface area contributed by atoms with Gasteiger partial charge in [-0.1, -0.05) is 219 Å². The van der Waals surface area contributed by atoms with E-state index in [-0.39, 0.29) is 0 Å². The molecule has 1 nitrogen and oxygen atoms in total. The van der Waals surface area contributed by atoms with Gasteiger partial charge in [0, 0.05) is 12.4 Å². The topological polar surface area (TPSA) is 12.9 Å². The Morgan fingerprint density at radius 3 is 0.864 bits per heavy atom. The first kappa shape index (κ1) is 41.2. The molecule has 0 spiro atoms. The molecule has 44 heavy (non-hydrogen) atoms. The number of unbranched alkanes of at least 4 members (excludes halogenated alkanes) is 32. The first-order valence-corrected chi connectivity index (χ1v) is 20.8. The summed E-state index contributed by atoms with van der Waals surface area (Å²) in [6, 6.07) is 2.30. The fourth-order valence-corrected chi connectivity index (χ4v) is 7.01. The lowest BCUT2D eigenvalue weighted by Crippen LogP contribution is -1.96. The van der Waals surface area contributed by atoms with E-state index in [4.69, 9.17) is 0 Å². The number of aromatic nitrogens is 1. The summed E-state index contributed by atoms with van der Waals surface area (Å²) in [4.78, 5) is 4.47. The molecule has 0 radical (unpaired) electrons. The third kappa shape index (κ3) is 28.6. The molecule has 0 unspecified atom stereocenters. The highest BCUT2D eigenvalue weighted by molar-refractivity contribution is 5.23. The lowest BCUT2D eigenvalue weighted by Gasteiger charge is -2.09. The molecule has 0 amide bonds. The highest BCUT2D eigenvalue weighted by Crippen LogP contribution is 2.19. The number of rotatable bonds is 36. The van der Waals surface area contributed by atoms with Gasteiger partial charge in [-0.3, -0.25) is 4.98 Å². The average Bonchev–Trinajstić information content (AvgIpc) is 3.04. The molecule has 1 aromatic rings. The summed E-state index contributed by atoms with van der Waals surface area (Å²) in [5.41, 5.74) is 3.11. The predicted molar refractivity (Wildman–Crippen MR) is 200 cm³/mol. The normalized spacial score (nSPS) is 11.5. The van der Waals surface area contributed by atoms with Crippen LogP contribution in [0.3, 0.4) is 0 Å². The Bertz CT molecular complexity index is 610. The van der Waals surface area contributed by atoms with Crippen molar-refractivity contribution < 1.29 is 0 Å². The Hall–Kier alpha value is -0.850. The van der Waals surface area contributed by atoms with E-state index in [1.165, 1.54) is 237 Å². The minimum Gasteiger partial charge on any atom is -0.264 e. The summed E-state index contributed by atoms with van der Waals surface area (Å²) in [6.45, 7) is 4.61. The number of aryl methyl sites for hydroxylation is 2. The summed E-state index contributed by atoms with van der Waals surface area (Å²) in [6.07, 6.45) is 55.8. The molecule has 0 saturated heterocycles. The molecular formula is C43H81N. The third-order valence-electron chi connectivity index (χ3n) is 10.1. The van der Waals surface area contributed by atoms with Gasteiger partial charge in [0.05, 0.1) is 0 Å². The van der Waals surface area contributed by atoms with Gasteiger partial charge in [0.15, 0.2) is 0 Å². The third-order valence-corrected chi connectivity index (χ3v) is 10.1. The minimum absolute atomic E-state index is 1.24. The van der Waals surface area contributed by atoms with Crippen LogP contribution in [-0.4, -0.2) is 4.98 Å². The molecule has 0 fully saturated rings. The first-order valence-electron chi connectivity index (χ1n) is 20.8. The van der Waals surface area contributed by atoms with Gasteiger partial charge in [0.2, 0.25) is 0 Å². The average molecular weight is 612 g/mol. The molecule has 1 heterocycles. The first-order chi connectivity index (χ1) is 21.9. The maximum atomic E-state index is 4.47. The summed E-state index contributed by atoms with van der Waals surface area (Å²) < 4.78 is 0. The largest absolute Gasteiger partial charge is 0.264 e. The SMILES string of the molecule is CCCCCCCCCCCCCCCCCCCc1ccncc1CCCCCCCCCCCCCCCCCCC. The Labute approximate surface area is 279 Å². The lowest BCUT2D eigenvalue weighted by molar-refractivity contribution is 0.526. The molecule has 1 heteroatoms. The van der Waals surface area contributed by atoms with Crippen molar-refractivity contribution in [3.63, 3.8) is 0 Å². The quantitative estimate of drug-likeness (QED) is 0.0688. The second-order valence-corrected chi connectivity index (χ2v) is 14.5. The van der Waals surface area contributed by atoms with Crippen LogP contribution >= 0.6 is 0 Å². The van der Waals surface area contributed by atoms with Crippen molar-refractivity contribution in [1.82, 2.24) is 4.98 Å². The van der Waals surface area contributed by atoms with Crippen LogP contribution in [0.2, 0.25) is 0 Å². The van der Waals surface area contributed by atoms with Crippen molar-refractivity contribution in [3.05, 3.63) is 29.6 Å². The van der Waals surface area contributed by atoms with E-state index in [0.29, 0.717) is 0 Å². The molecule has 0 aromatic carbocycles. The molecule has 0 aliphatic rings. The van der Waals surface area contributed by atoms with Crippen LogP contribution in [-0.2, 0) is 12.8 Å². The van der Waals surface area contributed by atoms with E-state index in [1.54, 1.807) is 5.56 Å². The van der Waals surface area contributed by atoms with Crippen LogP contribution in [0.4, 0.5) is 0 Å². The zero-order valence-corrected chi connectivity index (χ0v) is 30.6. The van der Waals surface area contributed by atoms with E-state index < -0.39 is 0 Å². The fraction of sp³-hybridized carbons (Fsp3) is 0.884. The summed E-state index contributed by atoms with van der Waals surface area (Å²) in [5.74, 6) is 0. The number of hydrogen-bond acceptors (Lipinski definition) is 1. The van der Waals surface area contributed by atoms with Gasteiger partial charge in [-0.25, -0.2) is 0 Å². The highest BCUT2D eigenvalue weighted by Gasteiger charge is 2.03. The van der Waals surface area contributed by atoms with E-state index >= 15 is 0 Å². The summed E-state index contributed by atoms with van der Waals surface area (Å²) >= 11 is 0. The number of hydrogen-bond donors (Lipinski definition) is 0. The molecule has 0 aliphatic heterocycles. The van der Waals surface area contributed by atoms with Crippen LogP contribution in [0.5, 0.6) is 0 Å². The van der Waals surface area contributed by atoms with Gasteiger partial charge < -0.3 is 0 Å². The predicted octanol–water partition coefficient (Wildman–Crippen LogP) is 15.5. The van der Waals surface area contributed by atoms with Crippen LogP contribution in [0.1, 0.15) is 243 Å². The Morgan fingerprint density at radius 2 is 0.568 bits per heavy atom. The van der Waals surface area contributed by atoms with Crippen molar-refractivity contribution in [2.75, 3.05) is 0 Å². The van der Waals surface area contributed by atoms with E-state index in [9.17, 15) is 0 Å². The van der Waals surface area contributed by atoms with Crippen LogP contribution < -0.4 is 0 Å². The van der Waals surface area contributed by atoms with Gasteiger partial charge >= 0.3 is 0 Å². The Morgan fingerprint density at radius 1 is 0.318 bits per heavy atom. The smallest absolute Gasteiger partial charge is 0.0302 e. The van der Waals surface area contributed by atoms with E-state index in [0.717, 1.165) is 0 Å². The molecule has 1 aromatic heterocycles. The Balaban J connectivity index is 1.87. The van der Waals surface area contributed by atoms with Crippen LogP contribution in [0.25, 0.3) is 0 Å². The van der Waals surface area contributed by atoms with Crippen molar-refractivity contribution in [1.29, 1.82) is 0 Å². The van der Waals surface area contributed by atoms with Crippen molar-refractivity contribution >= 4 is 0 Å². The molecule has 0 aliphatic carbocycles. The molecular weight excluding hydrogens is 530 g/mol. The van der Waals surface area contributed by atoms with Crippen molar-refractivity contribution in [2.24, 2.45) is 0 Å². The Kier molecular flexibility index (Phi) is 32.8. The van der Waals surface area contributed by atoms with Crippen molar-refractivity contribution in [2.45, 2.75) is 245 Å². The maximum Gasteiger partial charge on any atom is 0.0302 e. The zero-order valence-electron chi connectivity index (χ0n) is 30.6. The molecule has 0 bridgehead atoms. The van der Waals surface area contributed by atoms with Gasteiger partial charge in [0.25, 0.3) is 0 Å². The van der Waals surface area contributed by atoms with E-state index in [2.05, 4.69) is 31.1 Å². The van der Waals surface area contributed by atoms with Gasteiger partial charge in [-0.2, -0.15) is 0 Å². The second-order valence-electron chi connectivity index (χ2n) is 14.5. The molecule has 0 N–H and O–H groups in total. The van der Waals surface area contributed by atoms with Gasteiger partial charge in [0.1, 0.15) is 0 Å². The number of pyridine rings is 1. The lowest BCUT2D eigenvalue weighted by atomic mass is 9.98. The number of nitrogens with zero attached hydrogens (tertiary/aromatic N) is 1. The molecule has 0 saturated carbocycles. The fourth-order valence-electron chi connectivity index (χ4n) is 7.01. The molecule has 0 atom stereocenters. The molecule has 258 valence electrons. The standard InChI is InChI=1S/C43H81N/c1-3-5-7-9-11-13-15-17-19-21-23-25-27-29-31-33-35-37-42-39-40-44-41-43(42)38-36-34-32-30-28-26-24-22-20-18-16-14-12-10-8-6-4-2/h39-41H,3-38H2,1-2H3. The van der Waals surface area contributed by atoms with Gasteiger partial charge in [-0.15, -0.1) is 0 Å². The van der Waals surface area contributed by atoms with Gasteiger partial charge in [-0.05, 0) is 42.9 Å². The van der Waals surface area contributed by atoms with E-state index in [1.807, 2.05) is 6.20 Å². The highest BCUT2D eigenvalue weighted by atomic mass is 14.6. The summed E-state index contributed by atoms with van der Waals surface area (Å²) in [5, 5.41) is 0.